The minimum atomic E-state index is -0.586. The minimum absolute atomic E-state index is 0.0424. The van der Waals surface area contributed by atoms with Gasteiger partial charge >= 0.3 is 6.09 Å². The standard InChI is InChI=1S/C16H24N2O3S/c1-15(2,3)21-14(20)18-8-5-7-16(4,11-18)13(19)17-12-6-9-22-10-12/h6,9-10H,5,7-8,11H2,1-4H3,(H,17,19)/t16-/m1/s1. The highest BCUT2D eigenvalue weighted by molar-refractivity contribution is 7.08. The van der Waals surface area contributed by atoms with Crippen molar-refractivity contribution in [2.24, 2.45) is 5.41 Å². The number of piperidine rings is 1. The van der Waals surface area contributed by atoms with Crippen molar-refractivity contribution in [3.8, 4) is 0 Å². The molecular weight excluding hydrogens is 300 g/mol. The first-order valence-electron chi connectivity index (χ1n) is 7.51. The lowest BCUT2D eigenvalue weighted by Gasteiger charge is -2.39. The maximum absolute atomic E-state index is 12.6. The van der Waals surface area contributed by atoms with Crippen molar-refractivity contribution >= 4 is 29.0 Å². The zero-order valence-corrected chi connectivity index (χ0v) is 14.5. The van der Waals surface area contributed by atoms with E-state index >= 15 is 0 Å². The number of anilines is 1. The number of nitrogens with one attached hydrogen (secondary N) is 1. The molecule has 1 atom stereocenters. The normalized spacial score (nSPS) is 22.3. The molecule has 0 saturated carbocycles. The number of amides is 2. The summed E-state index contributed by atoms with van der Waals surface area (Å²) in [6, 6.07) is 1.88. The number of thiophene rings is 1. The highest BCUT2D eigenvalue weighted by Gasteiger charge is 2.40. The highest BCUT2D eigenvalue weighted by atomic mass is 32.1. The molecule has 5 nitrogen and oxygen atoms in total. The fourth-order valence-corrected chi connectivity index (χ4v) is 3.11. The molecule has 0 aromatic carbocycles. The van der Waals surface area contributed by atoms with Crippen LogP contribution < -0.4 is 5.32 Å². The van der Waals surface area contributed by atoms with Crippen LogP contribution in [0.5, 0.6) is 0 Å². The largest absolute Gasteiger partial charge is 0.444 e. The Kier molecular flexibility index (Phi) is 4.80. The summed E-state index contributed by atoms with van der Waals surface area (Å²) >= 11 is 1.54. The molecule has 0 spiro atoms. The summed E-state index contributed by atoms with van der Waals surface area (Å²) in [5.74, 6) is -0.0424. The Morgan fingerprint density at radius 1 is 1.41 bits per heavy atom. The number of carbonyl (C=O) groups excluding carboxylic acids is 2. The molecule has 1 aliphatic rings. The average molecular weight is 324 g/mol. The first kappa shape index (κ1) is 16.8. The van der Waals surface area contributed by atoms with Gasteiger partial charge in [-0.3, -0.25) is 4.79 Å². The lowest BCUT2D eigenvalue weighted by atomic mass is 9.81. The molecule has 2 heterocycles. The van der Waals surface area contributed by atoms with Gasteiger partial charge in [-0.25, -0.2) is 4.79 Å². The maximum Gasteiger partial charge on any atom is 0.410 e. The van der Waals surface area contributed by atoms with Gasteiger partial charge in [-0.05, 0) is 52.0 Å². The van der Waals surface area contributed by atoms with E-state index in [9.17, 15) is 9.59 Å². The van der Waals surface area contributed by atoms with Gasteiger partial charge in [-0.15, -0.1) is 0 Å². The zero-order valence-electron chi connectivity index (χ0n) is 13.6. The maximum atomic E-state index is 12.6. The molecule has 1 N–H and O–H groups in total. The van der Waals surface area contributed by atoms with E-state index in [4.69, 9.17) is 4.74 Å². The van der Waals surface area contributed by atoms with Gasteiger partial charge in [0.25, 0.3) is 0 Å². The Balaban J connectivity index is 2.01. The molecule has 22 heavy (non-hydrogen) atoms. The Bertz CT molecular complexity index is 536. The molecule has 1 saturated heterocycles. The van der Waals surface area contributed by atoms with E-state index in [2.05, 4.69) is 5.32 Å². The Labute approximate surface area is 135 Å². The van der Waals surface area contributed by atoms with Gasteiger partial charge in [-0.1, -0.05) is 0 Å². The second-order valence-corrected chi connectivity index (χ2v) is 7.81. The summed E-state index contributed by atoms with van der Waals surface area (Å²) in [5.41, 5.74) is -0.299. The van der Waals surface area contributed by atoms with Crippen molar-refractivity contribution in [2.45, 2.75) is 46.1 Å². The van der Waals surface area contributed by atoms with Crippen LogP contribution in [-0.2, 0) is 9.53 Å². The van der Waals surface area contributed by atoms with Crippen molar-refractivity contribution in [1.82, 2.24) is 4.90 Å². The fourth-order valence-electron chi connectivity index (χ4n) is 2.52. The molecule has 2 amide bonds. The first-order valence-corrected chi connectivity index (χ1v) is 8.45. The van der Waals surface area contributed by atoms with E-state index in [-0.39, 0.29) is 12.0 Å². The SMILES string of the molecule is CC(C)(C)OC(=O)N1CCC[C@@](C)(C(=O)Nc2ccsc2)C1. The van der Waals surface area contributed by atoms with Crippen LogP contribution >= 0.6 is 11.3 Å². The second kappa shape index (κ2) is 6.28. The number of ether oxygens (including phenoxy) is 1. The summed E-state index contributed by atoms with van der Waals surface area (Å²) in [6.07, 6.45) is 1.22. The predicted molar refractivity (Wildman–Crippen MR) is 88.1 cm³/mol. The van der Waals surface area contributed by atoms with Crippen LogP contribution in [0.2, 0.25) is 0 Å². The summed E-state index contributed by atoms with van der Waals surface area (Å²) in [6.45, 7) is 8.46. The Morgan fingerprint density at radius 2 is 2.14 bits per heavy atom. The van der Waals surface area contributed by atoms with Crippen molar-refractivity contribution in [3.05, 3.63) is 16.8 Å². The van der Waals surface area contributed by atoms with E-state index < -0.39 is 11.0 Å². The van der Waals surface area contributed by atoms with E-state index in [0.717, 1.165) is 18.5 Å². The van der Waals surface area contributed by atoms with Crippen molar-refractivity contribution in [2.75, 3.05) is 18.4 Å². The van der Waals surface area contributed by atoms with Crippen LogP contribution in [0.25, 0.3) is 0 Å². The Morgan fingerprint density at radius 3 is 2.73 bits per heavy atom. The topological polar surface area (TPSA) is 58.6 Å². The zero-order chi connectivity index (χ0) is 16.4. The van der Waals surface area contributed by atoms with Gasteiger partial charge in [0, 0.05) is 18.5 Å². The molecule has 1 fully saturated rings. The van der Waals surface area contributed by atoms with Crippen molar-refractivity contribution < 1.29 is 14.3 Å². The lowest BCUT2D eigenvalue weighted by Crippen LogP contribution is -2.51. The van der Waals surface area contributed by atoms with Gasteiger partial charge in [0.2, 0.25) is 5.91 Å². The molecular formula is C16H24N2O3S. The van der Waals surface area contributed by atoms with Crippen LogP contribution in [0.15, 0.2) is 16.8 Å². The van der Waals surface area contributed by atoms with Gasteiger partial charge in [-0.2, -0.15) is 11.3 Å². The van der Waals surface area contributed by atoms with E-state index in [1.165, 1.54) is 11.3 Å². The molecule has 0 unspecified atom stereocenters. The summed E-state index contributed by atoms with van der Waals surface area (Å²) < 4.78 is 5.41. The number of nitrogens with zero attached hydrogens (tertiary/aromatic N) is 1. The van der Waals surface area contributed by atoms with E-state index in [0.29, 0.717) is 13.1 Å². The van der Waals surface area contributed by atoms with Crippen molar-refractivity contribution in [3.63, 3.8) is 0 Å². The third-order valence-electron chi connectivity index (χ3n) is 3.68. The molecule has 6 heteroatoms. The van der Waals surface area contributed by atoms with Crippen molar-refractivity contribution in [1.29, 1.82) is 0 Å². The third-order valence-corrected chi connectivity index (χ3v) is 4.36. The smallest absolute Gasteiger partial charge is 0.410 e. The van der Waals surface area contributed by atoms with E-state index in [1.807, 2.05) is 44.5 Å². The molecule has 122 valence electrons. The molecule has 0 bridgehead atoms. The number of rotatable bonds is 2. The average Bonchev–Trinajstić information content (AvgIpc) is 2.89. The predicted octanol–water partition coefficient (Wildman–Crippen LogP) is 3.72. The van der Waals surface area contributed by atoms with Gasteiger partial charge in [0.1, 0.15) is 5.60 Å². The molecule has 1 aromatic rings. The minimum Gasteiger partial charge on any atom is -0.444 e. The molecule has 0 aliphatic carbocycles. The van der Waals surface area contributed by atoms with Crippen LogP contribution in [0.3, 0.4) is 0 Å². The summed E-state index contributed by atoms with van der Waals surface area (Å²) in [7, 11) is 0. The number of hydrogen-bond donors (Lipinski definition) is 1. The molecule has 1 aromatic heterocycles. The highest BCUT2D eigenvalue weighted by Crippen LogP contribution is 2.32. The summed E-state index contributed by atoms with van der Waals surface area (Å²) in [5, 5.41) is 6.75. The molecule has 1 aliphatic heterocycles. The monoisotopic (exact) mass is 324 g/mol. The third kappa shape index (κ3) is 4.22. The van der Waals surface area contributed by atoms with Crippen LogP contribution in [-0.4, -0.2) is 35.6 Å². The summed E-state index contributed by atoms with van der Waals surface area (Å²) in [4.78, 5) is 26.4. The lowest BCUT2D eigenvalue weighted by molar-refractivity contribution is -0.127. The van der Waals surface area contributed by atoms with Crippen LogP contribution in [0.4, 0.5) is 10.5 Å². The quantitative estimate of drug-likeness (QED) is 0.902. The number of likely N-dealkylation sites (tertiary alicyclic amines) is 1. The van der Waals surface area contributed by atoms with Gasteiger partial charge in [0.05, 0.1) is 11.1 Å². The fraction of sp³-hybridized carbons (Fsp3) is 0.625. The van der Waals surface area contributed by atoms with Gasteiger partial charge < -0.3 is 15.0 Å². The van der Waals surface area contributed by atoms with Crippen LogP contribution in [0, 0.1) is 5.41 Å². The van der Waals surface area contributed by atoms with Crippen LogP contribution in [0.1, 0.15) is 40.5 Å². The second-order valence-electron chi connectivity index (χ2n) is 7.03. The first-order chi connectivity index (χ1) is 10.2. The van der Waals surface area contributed by atoms with Gasteiger partial charge in [0.15, 0.2) is 0 Å². The van der Waals surface area contributed by atoms with E-state index in [1.54, 1.807) is 4.90 Å². The molecule has 0 radical (unpaired) electrons. The number of hydrogen-bond acceptors (Lipinski definition) is 4. The molecule has 2 rings (SSSR count). The number of carbonyl (C=O) groups is 2. The Hall–Kier alpha value is -1.56.